The molecule has 0 N–H and O–H groups in total. The molecule has 9 nitrogen and oxygen atoms in total. The van der Waals surface area contributed by atoms with Gasteiger partial charge in [-0.25, -0.2) is 9.91 Å². The van der Waals surface area contributed by atoms with Gasteiger partial charge in [-0.05, 0) is 47.4 Å². The number of rotatable bonds is 6. The third-order valence-corrected chi connectivity index (χ3v) is 7.81. The van der Waals surface area contributed by atoms with Crippen molar-refractivity contribution in [2.75, 3.05) is 11.4 Å². The summed E-state index contributed by atoms with van der Waals surface area (Å²) in [5, 5.41) is 15.6. The highest BCUT2D eigenvalue weighted by Gasteiger charge is 2.55. The number of aryl methyl sites for hydroxylation is 1. The second kappa shape index (κ2) is 10.2. The molecule has 39 heavy (non-hydrogen) atoms. The normalized spacial score (nSPS) is 22.1. The van der Waals surface area contributed by atoms with Gasteiger partial charge >= 0.3 is 0 Å². The Balaban J connectivity index is 1.24. The molecule has 3 heterocycles. The van der Waals surface area contributed by atoms with Crippen LogP contribution >= 0.6 is 15.9 Å². The molecule has 3 aliphatic rings. The number of carbonyl (C=O) groups excluding carboxylic acids is 3. The van der Waals surface area contributed by atoms with E-state index in [0.717, 1.165) is 38.2 Å². The molecule has 0 aromatic heterocycles. The number of imide groups is 1. The molecule has 6 rings (SSSR count). The van der Waals surface area contributed by atoms with Crippen LogP contribution in [0.2, 0.25) is 0 Å². The number of halogens is 1. The van der Waals surface area contributed by atoms with E-state index in [2.05, 4.69) is 26.3 Å². The molecule has 3 aliphatic heterocycles. The quantitative estimate of drug-likeness (QED) is 0.393. The lowest BCUT2D eigenvalue weighted by Crippen LogP contribution is -2.44. The minimum absolute atomic E-state index is 0.229. The van der Waals surface area contributed by atoms with Gasteiger partial charge in [-0.15, -0.1) is 0 Å². The largest absolute Gasteiger partial charge is 0.271 e. The second-order valence-electron chi connectivity index (χ2n) is 9.65. The lowest BCUT2D eigenvalue weighted by molar-refractivity contribution is -0.135. The van der Waals surface area contributed by atoms with Crippen LogP contribution in [-0.2, 0) is 20.8 Å². The summed E-state index contributed by atoms with van der Waals surface area (Å²) in [5.74, 6) is -1.21. The molecule has 196 valence electrons. The monoisotopic (exact) mass is 584 g/mol. The third-order valence-electron chi connectivity index (χ3n) is 7.29. The average Bonchev–Trinajstić information content (AvgIpc) is 3.65. The Morgan fingerprint density at radius 3 is 2.36 bits per heavy atom. The Labute approximate surface area is 233 Å². The summed E-state index contributed by atoms with van der Waals surface area (Å²) in [6.07, 6.45) is 1.40. The molecule has 3 amide bonds. The van der Waals surface area contributed by atoms with Gasteiger partial charge in [0.25, 0.3) is 17.7 Å². The van der Waals surface area contributed by atoms with Crippen LogP contribution in [-0.4, -0.2) is 52.1 Å². The van der Waals surface area contributed by atoms with Gasteiger partial charge in [-0.1, -0.05) is 82.7 Å². The molecule has 3 atom stereocenters. The second-order valence-corrected chi connectivity index (χ2v) is 10.6. The Morgan fingerprint density at radius 1 is 0.949 bits per heavy atom. The van der Waals surface area contributed by atoms with E-state index in [0.29, 0.717) is 12.1 Å². The van der Waals surface area contributed by atoms with Crippen LogP contribution in [0.1, 0.15) is 36.1 Å². The standard InChI is InChI=1S/C29H25BrN6O3/c1-2-18-8-14-22(15-9-18)35-28(38)26-27(29(35)39)34(33-31-26)17-25(37)36-24(20-6-4-3-5-7-20)16-23(32-36)19-10-12-21(30)13-11-19/h3-15,24,26-27H,2,16-17H2,1H3/t24-,26-,27+/m1/s1. The van der Waals surface area contributed by atoms with Gasteiger partial charge in [0.1, 0.15) is 6.54 Å². The van der Waals surface area contributed by atoms with Crippen LogP contribution in [0, 0.1) is 0 Å². The van der Waals surface area contributed by atoms with Crippen molar-refractivity contribution in [1.29, 1.82) is 0 Å². The number of nitrogens with zero attached hydrogens (tertiary/aromatic N) is 6. The average molecular weight is 585 g/mol. The van der Waals surface area contributed by atoms with Crippen LogP contribution in [0.5, 0.6) is 0 Å². The number of benzene rings is 3. The first-order chi connectivity index (χ1) is 18.9. The highest BCUT2D eigenvalue weighted by atomic mass is 79.9. The first-order valence-corrected chi connectivity index (χ1v) is 13.6. The minimum atomic E-state index is -0.971. The zero-order valence-corrected chi connectivity index (χ0v) is 22.7. The molecule has 3 aromatic carbocycles. The van der Waals surface area contributed by atoms with E-state index < -0.39 is 23.9 Å². The molecule has 3 aromatic rings. The van der Waals surface area contributed by atoms with Crippen LogP contribution in [0.3, 0.4) is 0 Å². The predicted octanol–water partition coefficient (Wildman–Crippen LogP) is 4.68. The summed E-state index contributed by atoms with van der Waals surface area (Å²) in [6, 6.07) is 22.6. The lowest BCUT2D eigenvalue weighted by Gasteiger charge is -2.25. The lowest BCUT2D eigenvalue weighted by atomic mass is 9.98. The van der Waals surface area contributed by atoms with E-state index in [4.69, 9.17) is 5.10 Å². The number of fused-ring (bicyclic) bond motifs is 1. The van der Waals surface area contributed by atoms with Crippen molar-refractivity contribution in [2.24, 2.45) is 15.4 Å². The number of anilines is 1. The zero-order chi connectivity index (χ0) is 27.1. The Bertz CT molecular complexity index is 1490. The Kier molecular flexibility index (Phi) is 6.56. The number of amides is 3. The maximum absolute atomic E-state index is 13.7. The molecule has 1 fully saturated rings. The molecule has 0 spiro atoms. The molecule has 0 bridgehead atoms. The fraction of sp³-hybridized carbons (Fsp3) is 0.241. The molecule has 1 saturated heterocycles. The molecule has 10 heteroatoms. The molecular weight excluding hydrogens is 560 g/mol. The van der Waals surface area contributed by atoms with Gasteiger partial charge < -0.3 is 0 Å². The van der Waals surface area contributed by atoms with Crippen molar-refractivity contribution in [2.45, 2.75) is 37.9 Å². The van der Waals surface area contributed by atoms with E-state index >= 15 is 0 Å². The smallest absolute Gasteiger partial charge is 0.264 e. The third kappa shape index (κ3) is 4.54. The Hall–Kier alpha value is -4.18. The molecule has 0 unspecified atom stereocenters. The Morgan fingerprint density at radius 2 is 1.67 bits per heavy atom. The molecule has 0 radical (unpaired) electrons. The molecule has 0 aliphatic carbocycles. The minimum Gasteiger partial charge on any atom is -0.271 e. The fourth-order valence-corrected chi connectivity index (χ4v) is 5.46. The number of carbonyl (C=O) groups is 3. The van der Waals surface area contributed by atoms with Gasteiger partial charge in [0.2, 0.25) is 0 Å². The predicted molar refractivity (Wildman–Crippen MR) is 149 cm³/mol. The van der Waals surface area contributed by atoms with Gasteiger partial charge in [0, 0.05) is 10.9 Å². The zero-order valence-electron chi connectivity index (χ0n) is 21.1. The summed E-state index contributed by atoms with van der Waals surface area (Å²) < 4.78 is 0.956. The first-order valence-electron chi connectivity index (χ1n) is 12.8. The molecule has 0 saturated carbocycles. The highest BCUT2D eigenvalue weighted by molar-refractivity contribution is 9.10. The van der Waals surface area contributed by atoms with E-state index in [1.165, 1.54) is 10.0 Å². The van der Waals surface area contributed by atoms with Crippen LogP contribution < -0.4 is 4.90 Å². The number of hydrogen-bond acceptors (Lipinski definition) is 7. The van der Waals surface area contributed by atoms with Crippen LogP contribution in [0.25, 0.3) is 0 Å². The van der Waals surface area contributed by atoms with Gasteiger partial charge in [0.15, 0.2) is 12.1 Å². The van der Waals surface area contributed by atoms with Gasteiger partial charge in [0.05, 0.1) is 17.4 Å². The van der Waals surface area contributed by atoms with Gasteiger partial charge in [-0.2, -0.15) is 10.2 Å². The maximum Gasteiger partial charge on any atom is 0.264 e. The highest BCUT2D eigenvalue weighted by Crippen LogP contribution is 2.35. The molecular formula is C29H25BrN6O3. The SMILES string of the molecule is CCc1ccc(N2C(=O)[C@@H]3[C@@H](N=NN3CC(=O)N3N=C(c4ccc(Br)cc4)C[C@@H]3c3ccccc3)C2=O)cc1. The summed E-state index contributed by atoms with van der Waals surface area (Å²) in [5.41, 5.74) is 4.27. The first kappa shape index (κ1) is 25.1. The van der Waals surface area contributed by atoms with E-state index in [1.807, 2.05) is 73.7 Å². The van der Waals surface area contributed by atoms with Crippen molar-refractivity contribution in [3.8, 4) is 0 Å². The van der Waals surface area contributed by atoms with Crippen molar-refractivity contribution in [3.63, 3.8) is 0 Å². The van der Waals surface area contributed by atoms with Crippen molar-refractivity contribution >= 4 is 45.1 Å². The summed E-state index contributed by atoms with van der Waals surface area (Å²) >= 11 is 3.46. The van der Waals surface area contributed by atoms with E-state index in [1.54, 1.807) is 12.1 Å². The van der Waals surface area contributed by atoms with E-state index in [9.17, 15) is 14.4 Å². The maximum atomic E-state index is 13.7. The number of hydrogen-bond donors (Lipinski definition) is 0. The van der Waals surface area contributed by atoms with Gasteiger partial charge in [-0.3, -0.25) is 19.4 Å². The summed E-state index contributed by atoms with van der Waals surface area (Å²) in [6.45, 7) is 1.81. The van der Waals surface area contributed by atoms with Crippen molar-refractivity contribution in [3.05, 3.63) is 100 Å². The topological polar surface area (TPSA) is 98.0 Å². The summed E-state index contributed by atoms with van der Waals surface area (Å²) in [7, 11) is 0. The van der Waals surface area contributed by atoms with Crippen molar-refractivity contribution < 1.29 is 14.4 Å². The fourth-order valence-electron chi connectivity index (χ4n) is 5.19. The number of hydrazone groups is 1. The van der Waals surface area contributed by atoms with Crippen LogP contribution in [0.4, 0.5) is 5.69 Å². The van der Waals surface area contributed by atoms with E-state index in [-0.39, 0.29) is 18.5 Å². The van der Waals surface area contributed by atoms with Crippen molar-refractivity contribution in [1.82, 2.24) is 10.0 Å². The summed E-state index contributed by atoms with van der Waals surface area (Å²) in [4.78, 5) is 41.3. The van der Waals surface area contributed by atoms with Crippen LogP contribution in [0.15, 0.2) is 98.8 Å².